The second-order valence-electron chi connectivity index (χ2n) is 7.16. The van der Waals surface area contributed by atoms with E-state index in [-0.39, 0.29) is 12.0 Å². The van der Waals surface area contributed by atoms with E-state index in [1.807, 2.05) is 30.3 Å². The van der Waals surface area contributed by atoms with Crippen molar-refractivity contribution in [2.24, 2.45) is 0 Å². The van der Waals surface area contributed by atoms with Gasteiger partial charge in [0.25, 0.3) is 5.91 Å². The van der Waals surface area contributed by atoms with Gasteiger partial charge < -0.3 is 9.47 Å². The SMILES string of the molecule is O=C(/C=C/c1ccccc1)Oc1ccc(/C=C2\SC(=S)N(C[C@@H]3CCCO3)C2=O)cc1. The molecule has 2 aliphatic heterocycles. The zero-order valence-electron chi connectivity index (χ0n) is 16.7. The van der Waals surface area contributed by atoms with E-state index in [0.717, 1.165) is 30.6 Å². The van der Waals surface area contributed by atoms with E-state index in [0.29, 0.717) is 21.5 Å². The highest BCUT2D eigenvalue weighted by atomic mass is 32.2. The van der Waals surface area contributed by atoms with Gasteiger partial charge in [-0.1, -0.05) is 66.4 Å². The molecule has 0 aromatic heterocycles. The lowest BCUT2D eigenvalue weighted by Crippen LogP contribution is -2.35. The molecular formula is C24H21NO4S2. The number of esters is 1. The van der Waals surface area contributed by atoms with Crippen LogP contribution < -0.4 is 4.74 Å². The highest BCUT2D eigenvalue weighted by molar-refractivity contribution is 8.26. The second-order valence-corrected chi connectivity index (χ2v) is 8.84. The molecule has 1 atom stereocenters. The van der Waals surface area contributed by atoms with Crippen molar-refractivity contribution in [3.8, 4) is 5.75 Å². The van der Waals surface area contributed by atoms with Gasteiger partial charge in [-0.3, -0.25) is 9.69 Å². The number of thiocarbonyl (C=S) groups is 1. The number of benzene rings is 2. The molecule has 2 fully saturated rings. The summed E-state index contributed by atoms with van der Waals surface area (Å²) in [6.45, 7) is 1.25. The van der Waals surface area contributed by atoms with E-state index in [2.05, 4.69) is 0 Å². The summed E-state index contributed by atoms with van der Waals surface area (Å²) in [5, 5.41) is 0. The Balaban J connectivity index is 1.36. The Bertz CT molecular complexity index is 1030. The number of thioether (sulfide) groups is 1. The summed E-state index contributed by atoms with van der Waals surface area (Å²) in [5.74, 6) is -0.107. The third-order valence-corrected chi connectivity index (χ3v) is 6.27. The van der Waals surface area contributed by atoms with Gasteiger partial charge in [-0.15, -0.1) is 0 Å². The number of rotatable bonds is 6. The fourth-order valence-corrected chi connectivity index (χ4v) is 4.59. The lowest BCUT2D eigenvalue weighted by atomic mass is 10.2. The largest absolute Gasteiger partial charge is 0.423 e. The summed E-state index contributed by atoms with van der Waals surface area (Å²) < 4.78 is 11.5. The molecule has 2 heterocycles. The number of hydrogen-bond donors (Lipinski definition) is 0. The molecule has 158 valence electrons. The van der Waals surface area contributed by atoms with E-state index in [9.17, 15) is 9.59 Å². The number of carbonyl (C=O) groups is 2. The molecule has 2 aliphatic rings. The Morgan fingerprint density at radius 2 is 1.94 bits per heavy atom. The minimum Gasteiger partial charge on any atom is -0.423 e. The van der Waals surface area contributed by atoms with Crippen LogP contribution in [0, 0.1) is 0 Å². The van der Waals surface area contributed by atoms with E-state index >= 15 is 0 Å². The first kappa shape index (κ1) is 21.5. The van der Waals surface area contributed by atoms with Crippen molar-refractivity contribution in [2.75, 3.05) is 13.2 Å². The van der Waals surface area contributed by atoms with Crippen LogP contribution in [0.15, 0.2) is 65.6 Å². The lowest BCUT2D eigenvalue weighted by molar-refractivity contribution is -0.129. The van der Waals surface area contributed by atoms with Crippen molar-refractivity contribution < 1.29 is 19.1 Å². The summed E-state index contributed by atoms with van der Waals surface area (Å²) in [6, 6.07) is 16.5. The monoisotopic (exact) mass is 451 g/mol. The van der Waals surface area contributed by atoms with Crippen LogP contribution in [0.3, 0.4) is 0 Å². The first-order valence-electron chi connectivity index (χ1n) is 10.0. The van der Waals surface area contributed by atoms with Gasteiger partial charge in [-0.2, -0.15) is 0 Å². The van der Waals surface area contributed by atoms with Crippen LogP contribution in [0.5, 0.6) is 5.75 Å². The quantitative estimate of drug-likeness (QED) is 0.275. The molecule has 7 heteroatoms. The smallest absolute Gasteiger partial charge is 0.336 e. The molecule has 0 N–H and O–H groups in total. The second kappa shape index (κ2) is 10.0. The molecule has 0 unspecified atom stereocenters. The third-order valence-electron chi connectivity index (χ3n) is 4.89. The maximum absolute atomic E-state index is 12.7. The van der Waals surface area contributed by atoms with Gasteiger partial charge in [0.2, 0.25) is 0 Å². The summed E-state index contributed by atoms with van der Waals surface area (Å²) in [7, 11) is 0. The van der Waals surface area contributed by atoms with Gasteiger partial charge in [-0.25, -0.2) is 4.79 Å². The lowest BCUT2D eigenvalue weighted by Gasteiger charge is -2.18. The van der Waals surface area contributed by atoms with Gasteiger partial charge >= 0.3 is 5.97 Å². The van der Waals surface area contributed by atoms with Crippen LogP contribution in [-0.2, 0) is 14.3 Å². The molecule has 0 saturated carbocycles. The summed E-state index contributed by atoms with van der Waals surface area (Å²) >= 11 is 6.68. The Morgan fingerprint density at radius 3 is 2.65 bits per heavy atom. The van der Waals surface area contributed by atoms with Crippen LogP contribution >= 0.6 is 24.0 Å². The first-order valence-corrected chi connectivity index (χ1v) is 11.2. The van der Waals surface area contributed by atoms with Crippen LogP contribution in [0.2, 0.25) is 0 Å². The van der Waals surface area contributed by atoms with Crippen LogP contribution in [0.4, 0.5) is 0 Å². The van der Waals surface area contributed by atoms with E-state index in [4.69, 9.17) is 21.7 Å². The molecule has 1 amide bonds. The van der Waals surface area contributed by atoms with E-state index < -0.39 is 5.97 Å². The van der Waals surface area contributed by atoms with Gasteiger partial charge in [0.05, 0.1) is 17.6 Å². The first-order chi connectivity index (χ1) is 15.1. The maximum atomic E-state index is 12.7. The van der Waals surface area contributed by atoms with Crippen LogP contribution in [0.25, 0.3) is 12.2 Å². The maximum Gasteiger partial charge on any atom is 0.336 e. The standard InChI is InChI=1S/C24H21NO4S2/c26-22(13-10-17-5-2-1-3-6-17)29-19-11-8-18(9-12-19)15-21-23(27)25(24(30)31-21)16-20-7-4-14-28-20/h1-3,5-6,8-13,15,20H,4,7,14,16H2/b13-10+,21-15-/t20-/m0/s1. The van der Waals surface area contributed by atoms with Crippen molar-refractivity contribution >= 4 is 52.3 Å². The number of ether oxygens (including phenoxy) is 2. The van der Waals surface area contributed by atoms with E-state index in [1.165, 1.54) is 17.8 Å². The minimum absolute atomic E-state index is 0.0618. The van der Waals surface area contributed by atoms with Crippen LogP contribution in [0.1, 0.15) is 24.0 Å². The van der Waals surface area contributed by atoms with Gasteiger partial charge in [-0.05, 0) is 48.3 Å². The fourth-order valence-electron chi connectivity index (χ4n) is 3.31. The van der Waals surface area contributed by atoms with E-state index in [1.54, 1.807) is 41.3 Å². The average Bonchev–Trinajstić information content (AvgIpc) is 3.39. The van der Waals surface area contributed by atoms with Crippen molar-refractivity contribution in [3.05, 3.63) is 76.7 Å². The third kappa shape index (κ3) is 5.70. The summed E-state index contributed by atoms with van der Waals surface area (Å²) in [6.07, 6.45) is 6.94. The molecule has 2 aromatic carbocycles. The van der Waals surface area contributed by atoms with Crippen molar-refractivity contribution in [1.29, 1.82) is 0 Å². The zero-order chi connectivity index (χ0) is 21.6. The minimum atomic E-state index is -0.452. The van der Waals surface area contributed by atoms with Crippen molar-refractivity contribution in [1.82, 2.24) is 4.90 Å². The summed E-state index contributed by atoms with van der Waals surface area (Å²) in [4.78, 5) is 26.9. The Hall–Kier alpha value is -2.74. The van der Waals surface area contributed by atoms with Crippen LogP contribution in [-0.4, -0.2) is 40.4 Å². The predicted molar refractivity (Wildman–Crippen MR) is 126 cm³/mol. The molecule has 2 aromatic rings. The van der Waals surface area contributed by atoms with Gasteiger partial charge in [0, 0.05) is 12.7 Å². The molecule has 0 aliphatic carbocycles. The predicted octanol–water partition coefficient (Wildman–Crippen LogP) is 4.69. The Kier molecular flexibility index (Phi) is 6.96. The Morgan fingerprint density at radius 1 is 1.16 bits per heavy atom. The highest BCUT2D eigenvalue weighted by Crippen LogP contribution is 2.33. The summed E-state index contributed by atoms with van der Waals surface area (Å²) in [5.41, 5.74) is 1.75. The zero-order valence-corrected chi connectivity index (χ0v) is 18.4. The topological polar surface area (TPSA) is 55.8 Å². The molecule has 0 radical (unpaired) electrons. The molecule has 2 saturated heterocycles. The molecule has 0 bridgehead atoms. The number of carbonyl (C=O) groups excluding carboxylic acids is 2. The normalized spacial score (nSPS) is 20.2. The average molecular weight is 452 g/mol. The number of nitrogens with zero attached hydrogens (tertiary/aromatic N) is 1. The molecule has 31 heavy (non-hydrogen) atoms. The van der Waals surface area contributed by atoms with Gasteiger partial charge in [0.15, 0.2) is 0 Å². The molecule has 4 rings (SSSR count). The molecule has 5 nitrogen and oxygen atoms in total. The number of amides is 1. The molecular weight excluding hydrogens is 430 g/mol. The van der Waals surface area contributed by atoms with Crippen molar-refractivity contribution in [3.63, 3.8) is 0 Å². The highest BCUT2D eigenvalue weighted by Gasteiger charge is 2.34. The molecule has 0 spiro atoms. The van der Waals surface area contributed by atoms with Crippen molar-refractivity contribution in [2.45, 2.75) is 18.9 Å². The fraction of sp³-hybridized carbons (Fsp3) is 0.208. The Labute approximate surface area is 190 Å². The van der Waals surface area contributed by atoms with Gasteiger partial charge in [0.1, 0.15) is 10.1 Å². The number of hydrogen-bond acceptors (Lipinski definition) is 6.